The Kier molecular flexibility index (Phi) is 29.2. The number of urea groups is 1. The maximum Gasteiger partial charge on any atom is 0.345 e. The van der Waals surface area contributed by atoms with Gasteiger partial charge in [-0.2, -0.15) is 0 Å². The second-order valence-corrected chi connectivity index (χ2v) is 30.4. The Morgan fingerprint density at radius 3 is 2.24 bits per heavy atom. The van der Waals surface area contributed by atoms with E-state index in [0.717, 1.165) is 22.6 Å². The molecule has 0 saturated carbocycles. The largest absolute Gasteiger partial charge is 0.496 e. The molecule has 0 unspecified atom stereocenters. The Hall–Kier alpha value is -11.1. The van der Waals surface area contributed by atoms with Gasteiger partial charge in [0.2, 0.25) is 29.7 Å². The zero-order chi connectivity index (χ0) is 82.9. The number of quaternary nitrogens is 1. The van der Waals surface area contributed by atoms with E-state index in [-0.39, 0.29) is 83.9 Å². The fraction of sp³-hybridized carbons (Fsp3) is 0.390. The smallest absolute Gasteiger partial charge is 0.345 e. The number of para-hydroxylation sites is 2. The first kappa shape index (κ1) is 85.7. The average Bonchev–Trinajstić information content (AvgIpc) is 1.58. The first-order valence-corrected chi connectivity index (χ1v) is 39.0. The van der Waals surface area contributed by atoms with E-state index in [4.69, 9.17) is 50.7 Å². The van der Waals surface area contributed by atoms with Gasteiger partial charge in [0, 0.05) is 79.1 Å². The number of carboxylic acids is 2. The Morgan fingerprint density at radius 2 is 1.53 bits per heavy atom. The molecule has 0 radical (unpaired) electrons. The molecule has 0 aliphatic carbocycles. The lowest BCUT2D eigenvalue weighted by Crippen LogP contribution is -2.59. The van der Waals surface area contributed by atoms with Crippen molar-refractivity contribution in [1.82, 2.24) is 45.7 Å². The lowest BCUT2D eigenvalue weighted by Gasteiger charge is -2.42. The fourth-order valence-electron chi connectivity index (χ4n) is 14.0. The van der Waals surface area contributed by atoms with Crippen LogP contribution >= 0.6 is 22.9 Å². The maximum atomic E-state index is 14.6. The second kappa shape index (κ2) is 39.5. The molecule has 11 rings (SSSR count). The summed E-state index contributed by atoms with van der Waals surface area (Å²) in [6.45, 7) is 9.02. The summed E-state index contributed by atoms with van der Waals surface area (Å²) < 4.78 is 51.1. The maximum absolute atomic E-state index is 14.6. The molecule has 3 aliphatic rings. The third kappa shape index (κ3) is 21.7. The molecule has 34 heteroatoms. The number of aliphatic carboxylic acids is 2. The predicted molar refractivity (Wildman–Crippen MR) is 425 cm³/mol. The van der Waals surface area contributed by atoms with Crippen LogP contribution in [-0.4, -0.2) is 236 Å². The summed E-state index contributed by atoms with van der Waals surface area (Å²) in [6, 6.07) is 27.8. The summed E-state index contributed by atoms with van der Waals surface area (Å²) in [7, 11) is 3.67. The van der Waals surface area contributed by atoms with Gasteiger partial charge < -0.3 is 85.4 Å². The zero-order valence-corrected chi connectivity index (χ0v) is 66.0. The molecule has 0 bridgehead atoms. The minimum atomic E-state index is -1.91. The summed E-state index contributed by atoms with van der Waals surface area (Å²) in [4.78, 5) is 125. The molecule has 11 N–H and O–H groups in total. The summed E-state index contributed by atoms with van der Waals surface area (Å²) in [5.41, 5.74) is 11.4. The molecule has 31 nitrogen and oxygen atoms in total. The highest BCUT2D eigenvalue weighted by Crippen LogP contribution is 2.50. The third-order valence-corrected chi connectivity index (χ3v) is 22.1. The summed E-state index contributed by atoms with van der Waals surface area (Å²) in [5.74, 6) is -4.71. The number of likely N-dealkylation sites (N-methyl/N-ethyl adjacent to an activating group) is 1. The quantitative estimate of drug-likeness (QED) is 0.0108. The van der Waals surface area contributed by atoms with Crippen LogP contribution in [0.5, 0.6) is 23.1 Å². The summed E-state index contributed by atoms with van der Waals surface area (Å²) in [5, 5.41) is 64.7. The number of hydrogen-bond acceptors (Lipinski definition) is 23. The molecule has 8 aromatic rings. The van der Waals surface area contributed by atoms with Gasteiger partial charge in [0.25, 0.3) is 11.8 Å². The number of halogens is 2. The van der Waals surface area contributed by atoms with Crippen LogP contribution in [0.15, 0.2) is 134 Å². The number of hydrogen-bond donors (Lipinski definition) is 10. The number of imide groups is 1. The molecule has 7 amide bonds. The first-order valence-electron chi connectivity index (χ1n) is 37.8. The molecular formula is C82H93ClFN12O19S+. The van der Waals surface area contributed by atoms with Crippen molar-refractivity contribution in [1.29, 1.82) is 0 Å². The van der Waals surface area contributed by atoms with Gasteiger partial charge in [-0.25, -0.2) is 38.7 Å². The van der Waals surface area contributed by atoms with Gasteiger partial charge >= 0.3 is 18.0 Å². The van der Waals surface area contributed by atoms with Crippen LogP contribution < -0.4 is 45.9 Å². The number of methoxy groups -OCH3 is 1. The van der Waals surface area contributed by atoms with E-state index in [9.17, 15) is 68.3 Å². The van der Waals surface area contributed by atoms with E-state index in [1.165, 1.54) is 29.8 Å². The average molecular weight is 1640 g/mol. The number of fused-ring (bicyclic) bond motifs is 1. The predicted octanol–water partition coefficient (Wildman–Crippen LogP) is 6.80. The number of carbonyl (C=O) groups excluding carboxylic acids is 6. The van der Waals surface area contributed by atoms with Gasteiger partial charge in [-0.1, -0.05) is 80.0 Å². The number of thiophene rings is 1. The summed E-state index contributed by atoms with van der Waals surface area (Å²) >= 11 is 8.59. The number of anilines is 1. The number of piperazine rings is 1. The Morgan fingerprint density at radius 1 is 0.793 bits per heavy atom. The van der Waals surface area contributed by atoms with Crippen molar-refractivity contribution in [2.45, 2.75) is 121 Å². The van der Waals surface area contributed by atoms with Crippen LogP contribution in [0.3, 0.4) is 0 Å². The minimum absolute atomic E-state index is 0.00651. The van der Waals surface area contributed by atoms with Gasteiger partial charge in [0.05, 0.1) is 74.8 Å². The van der Waals surface area contributed by atoms with E-state index >= 15 is 0 Å². The fourth-order valence-corrected chi connectivity index (χ4v) is 15.4. The van der Waals surface area contributed by atoms with Gasteiger partial charge in [-0.15, -0.1) is 11.3 Å². The number of benzene rings is 5. The monoisotopic (exact) mass is 1640 g/mol. The highest BCUT2D eigenvalue weighted by atomic mass is 35.5. The molecule has 3 aromatic heterocycles. The number of carboxylic acid groups (broad SMARTS) is 2. The number of nitrogens with one attached hydrogen (secondary N) is 4. The van der Waals surface area contributed by atoms with Crippen LogP contribution in [0.4, 0.5) is 14.9 Å². The van der Waals surface area contributed by atoms with E-state index in [1.807, 2.05) is 43.3 Å². The molecule has 8 atom stereocenters. The molecule has 6 heterocycles. The van der Waals surface area contributed by atoms with E-state index < -0.39 is 108 Å². The van der Waals surface area contributed by atoms with E-state index in [1.54, 1.807) is 87.8 Å². The molecule has 2 saturated heterocycles. The number of aromatic nitrogens is 4. The number of nitrogens with two attached hydrogens (primary N) is 1. The number of nitrogens with zero attached hydrogens (tertiary/aromatic N) is 7. The van der Waals surface area contributed by atoms with Crippen LogP contribution in [-0.2, 0) is 69.0 Å². The number of carbonyl (C=O) groups is 8. The Bertz CT molecular complexity index is 4900. The molecule has 2 fully saturated rings. The Balaban J connectivity index is 0.758. The molecule has 614 valence electrons. The van der Waals surface area contributed by atoms with Crippen LogP contribution in [0.1, 0.15) is 67.5 Å². The zero-order valence-electron chi connectivity index (χ0n) is 64.4. The number of ether oxygens (including phenoxy) is 6. The van der Waals surface area contributed by atoms with Gasteiger partial charge in [0.1, 0.15) is 84.4 Å². The number of rotatable bonds is 38. The van der Waals surface area contributed by atoms with Gasteiger partial charge in [-0.3, -0.25) is 33.8 Å². The van der Waals surface area contributed by atoms with Crippen molar-refractivity contribution in [3.63, 3.8) is 0 Å². The highest BCUT2D eigenvalue weighted by molar-refractivity contribution is 7.22. The van der Waals surface area contributed by atoms with Crippen molar-refractivity contribution in [2.24, 2.45) is 11.7 Å². The van der Waals surface area contributed by atoms with Crippen molar-refractivity contribution >= 4 is 86.3 Å². The van der Waals surface area contributed by atoms with E-state index in [0.29, 0.717) is 137 Å². The molecule has 5 aromatic carbocycles. The SMILES string of the molecule is COc1ccccc1-c1nccc(COc2ccccc2C[C@@H](Oc2ncnc3sc(-c4ccc(F)cc4)c(-c4ccc(OCCN5CC[N+](C)(Cc6ccc(NC(=O)[C@H](CCCNC(N)=O)NC(=O)[C@@H](NC(=O)CCOCCN7C(=O)C=CC7=O)C(C)C)cc6CC[C@@H]6O[C@H](C(=O)O)[C@@H](O)[C@H](O)[C@H]6O)CC5)c(Cl)c4C)c23)C(=O)O)n1. The summed E-state index contributed by atoms with van der Waals surface area (Å²) in [6.07, 6.45) is -4.75. The van der Waals surface area contributed by atoms with Crippen molar-refractivity contribution < 1.29 is 101 Å². The topological polar surface area (TPSA) is 425 Å². The standard InChI is InChI=1S/C82H92ClFN12O19S/c1-46(2)69(93-63(97)29-38-111-39-35-95-64(98)26-27-65(95)99)77(104)92-57(13-10-30-87-82(85)109)76(103)91-53-22-18-51(49(41-53)19-24-61-70(100)71(101)72(102)73(114-61)81(107)108)43-96(4)36-32-94(33-37-96)34-40-112-60-25-23-55(47(3)68(60)83)66-67-78(88-45-89-79(67)116-74(66)48-16-20-52(84)21-17-48)115-62(80(105)106)42-50-11-6-8-14-58(50)113-44-54-28-31-86-75(90-54)56-12-7-9-15-59(56)110-5/h6-9,11-12,14-18,20-23,25-28,31,41,45-46,57,61-62,69-73,100-102H,10,13,19,24,29-30,32-40,42-44H2,1-5H3,(H7-,85,87,91,92,93,97,103,104,105,106,107,108,109)/p+1/t57-,61-,62+,69-,70-,71+,72-,73-/m0/s1. The highest BCUT2D eigenvalue weighted by Gasteiger charge is 2.47. The van der Waals surface area contributed by atoms with Crippen LogP contribution in [0, 0.1) is 18.7 Å². The second-order valence-electron chi connectivity index (χ2n) is 29.0. The molecular weight excluding hydrogens is 1540 g/mol. The van der Waals surface area contributed by atoms with E-state index in [2.05, 4.69) is 48.2 Å². The normalized spacial score (nSPS) is 18.1. The minimum Gasteiger partial charge on any atom is -0.496 e. The van der Waals surface area contributed by atoms with Gasteiger partial charge in [-0.05, 0) is 121 Å². The number of aryl methyl sites for hydroxylation is 1. The van der Waals surface area contributed by atoms with Crippen LogP contribution in [0.25, 0.3) is 43.2 Å². The Labute approximate surface area is 676 Å². The molecule has 3 aliphatic heterocycles. The molecule has 116 heavy (non-hydrogen) atoms. The van der Waals surface area contributed by atoms with Crippen LogP contribution in [0.2, 0.25) is 5.02 Å². The van der Waals surface area contributed by atoms with Crippen molar-refractivity contribution in [3.8, 4) is 56.1 Å². The van der Waals surface area contributed by atoms with Gasteiger partial charge in [0.15, 0.2) is 11.9 Å². The number of primary amides is 1. The first-order chi connectivity index (χ1) is 55.6. The lowest BCUT2D eigenvalue weighted by atomic mass is 9.90. The molecule has 0 spiro atoms. The van der Waals surface area contributed by atoms with Crippen molar-refractivity contribution in [2.75, 3.05) is 85.1 Å². The lowest BCUT2D eigenvalue weighted by molar-refractivity contribution is -0.926. The number of aliphatic hydroxyl groups excluding tert-OH is 3. The third-order valence-electron chi connectivity index (χ3n) is 20.5. The number of aliphatic hydroxyl groups is 3. The van der Waals surface area contributed by atoms with Crippen molar-refractivity contribution in [3.05, 3.63) is 173 Å². The number of amides is 7.